The van der Waals surface area contributed by atoms with Gasteiger partial charge in [-0.05, 0) is 40.5 Å². The van der Waals surface area contributed by atoms with Crippen LogP contribution in [0.5, 0.6) is 0 Å². The molecule has 0 N–H and O–H groups in total. The molecule has 1 aliphatic heterocycles. The van der Waals surface area contributed by atoms with Crippen molar-refractivity contribution in [2.45, 2.75) is 64.6 Å². The van der Waals surface area contributed by atoms with Gasteiger partial charge in [0.05, 0.1) is 17.2 Å². The summed E-state index contributed by atoms with van der Waals surface area (Å²) in [7, 11) is 0. The second-order valence-electron chi connectivity index (χ2n) is 5.53. The maximum absolute atomic E-state index is 11.6. The van der Waals surface area contributed by atoms with Crippen LogP contribution in [0.25, 0.3) is 0 Å². The molecule has 0 amide bonds. The van der Waals surface area contributed by atoms with Gasteiger partial charge < -0.3 is 4.84 Å². The predicted octanol–water partition coefficient (Wildman–Crippen LogP) is 1.92. The molecule has 1 aliphatic rings. The zero-order valence-electron chi connectivity index (χ0n) is 10.2. The summed E-state index contributed by atoms with van der Waals surface area (Å²) in [5.74, 6) is -0.333. The highest BCUT2D eigenvalue weighted by atomic mass is 16.7. The average molecular weight is 214 g/mol. The van der Waals surface area contributed by atoms with Crippen LogP contribution in [-0.2, 0) is 14.7 Å². The molecule has 4 heteroatoms. The number of carbonyl (C=O) groups excluding carboxylic acids is 1. The topological polar surface area (TPSA) is 49.4 Å². The molecule has 87 valence electrons. The maximum atomic E-state index is 11.6. The third kappa shape index (κ3) is 2.69. The van der Waals surface area contributed by atoms with Gasteiger partial charge in [0.25, 0.3) is 0 Å². The lowest BCUT2D eigenvalue weighted by Crippen LogP contribution is -2.61. The first-order valence-corrected chi connectivity index (χ1v) is 5.30. The van der Waals surface area contributed by atoms with Gasteiger partial charge >= 0.3 is 5.97 Å². The molecule has 0 unspecified atom stereocenters. The van der Waals surface area contributed by atoms with Crippen LogP contribution in [0.2, 0.25) is 0 Å². The van der Waals surface area contributed by atoms with Crippen LogP contribution < -0.4 is 0 Å². The molecule has 0 bridgehead atoms. The molecule has 0 aromatic rings. The van der Waals surface area contributed by atoms with E-state index in [-0.39, 0.29) is 17.0 Å². The Kier molecular flexibility index (Phi) is 3.12. The van der Waals surface area contributed by atoms with Crippen LogP contribution in [0, 0.1) is 0 Å². The predicted molar refractivity (Wildman–Crippen MR) is 55.5 cm³/mol. The molecule has 0 aromatic heterocycles. The Labute approximate surface area is 91.2 Å². The fourth-order valence-corrected chi connectivity index (χ4v) is 2.55. The summed E-state index contributed by atoms with van der Waals surface area (Å²) in [5, 5.41) is 13.3. The van der Waals surface area contributed by atoms with E-state index in [1.807, 2.05) is 27.7 Å². The Morgan fingerprint density at radius 2 is 1.60 bits per heavy atom. The number of nitrogens with zero attached hydrogens (tertiary/aromatic N) is 1. The van der Waals surface area contributed by atoms with Crippen molar-refractivity contribution >= 4 is 5.97 Å². The van der Waals surface area contributed by atoms with Gasteiger partial charge in [-0.3, -0.25) is 4.79 Å². The minimum Gasteiger partial charge on any atom is -0.367 e. The molecule has 1 rings (SSSR count). The Morgan fingerprint density at radius 1 is 1.20 bits per heavy atom. The smallest absolute Gasteiger partial charge is 0.322 e. The van der Waals surface area contributed by atoms with Crippen molar-refractivity contribution in [2.24, 2.45) is 0 Å². The maximum Gasteiger partial charge on any atom is 0.322 e. The minimum absolute atomic E-state index is 0.333. The van der Waals surface area contributed by atoms with E-state index in [0.29, 0.717) is 12.8 Å². The van der Waals surface area contributed by atoms with Gasteiger partial charge in [0.15, 0.2) is 0 Å². The van der Waals surface area contributed by atoms with Crippen LogP contribution >= 0.6 is 0 Å². The summed E-state index contributed by atoms with van der Waals surface area (Å²) in [5.41, 5.74) is -0.778. The van der Waals surface area contributed by atoms with E-state index < -0.39 is 6.10 Å². The second kappa shape index (κ2) is 3.76. The average Bonchev–Trinajstić information content (AvgIpc) is 1.94. The summed E-state index contributed by atoms with van der Waals surface area (Å²) in [4.78, 5) is 16.3. The third-order valence-electron chi connectivity index (χ3n) is 2.77. The number of carbonyl (C=O) groups is 1. The van der Waals surface area contributed by atoms with Crippen molar-refractivity contribution in [3.05, 3.63) is 0 Å². The second-order valence-corrected chi connectivity index (χ2v) is 5.53. The first kappa shape index (κ1) is 12.5. The minimum atomic E-state index is -0.582. The molecule has 4 nitrogen and oxygen atoms in total. The van der Waals surface area contributed by atoms with Crippen molar-refractivity contribution in [1.29, 1.82) is 0 Å². The van der Waals surface area contributed by atoms with Crippen molar-refractivity contribution in [3.8, 4) is 0 Å². The van der Waals surface area contributed by atoms with E-state index in [1.165, 1.54) is 6.92 Å². The molecule has 1 fully saturated rings. The van der Waals surface area contributed by atoms with E-state index in [2.05, 4.69) is 0 Å². The summed E-state index contributed by atoms with van der Waals surface area (Å²) >= 11 is 0. The van der Waals surface area contributed by atoms with Crippen molar-refractivity contribution < 1.29 is 14.7 Å². The first-order valence-electron chi connectivity index (χ1n) is 5.30. The summed E-state index contributed by atoms with van der Waals surface area (Å²) in [6.45, 7) is 9.11. The lowest BCUT2D eigenvalue weighted by molar-refractivity contribution is -0.277. The molecule has 1 radical (unpaired) electrons. The number of rotatable bonds is 1. The van der Waals surface area contributed by atoms with Gasteiger partial charge in [-0.15, -0.1) is 5.06 Å². The molecule has 0 spiro atoms. The van der Waals surface area contributed by atoms with Crippen LogP contribution in [0.4, 0.5) is 0 Å². The highest BCUT2D eigenvalue weighted by Gasteiger charge is 2.47. The van der Waals surface area contributed by atoms with E-state index >= 15 is 0 Å². The van der Waals surface area contributed by atoms with Crippen LogP contribution in [-0.4, -0.2) is 28.2 Å². The Balaban J connectivity index is 2.92. The Morgan fingerprint density at radius 3 is 1.93 bits per heavy atom. The molecule has 15 heavy (non-hydrogen) atoms. The van der Waals surface area contributed by atoms with Gasteiger partial charge in [-0.25, -0.2) is 5.11 Å². The van der Waals surface area contributed by atoms with Gasteiger partial charge in [-0.2, -0.15) is 0 Å². The van der Waals surface area contributed by atoms with Gasteiger partial charge in [0.1, 0.15) is 0 Å². The number of hydroxylamine groups is 2. The molecule has 0 aromatic carbocycles. The van der Waals surface area contributed by atoms with Crippen LogP contribution in [0.1, 0.15) is 47.5 Å². The number of piperidine rings is 1. The normalized spacial score (nSPS) is 26.3. The summed E-state index contributed by atoms with van der Waals surface area (Å²) < 4.78 is 0. The van der Waals surface area contributed by atoms with Crippen molar-refractivity contribution in [2.75, 3.05) is 0 Å². The van der Waals surface area contributed by atoms with Gasteiger partial charge in [-0.1, -0.05) is 0 Å². The van der Waals surface area contributed by atoms with Crippen LogP contribution in [0.15, 0.2) is 0 Å². The molecular formula is C11H20NO3. The Bertz CT molecular complexity index is 243. The van der Waals surface area contributed by atoms with E-state index in [0.717, 1.165) is 0 Å². The molecule has 1 heterocycles. The standard InChI is InChI=1S/C11H20NO3/c1-8(13)15-12-10(2,3)6-9(14)7-11(12,4)5/h9H,6-7H2,1-5H3. The lowest BCUT2D eigenvalue weighted by Gasteiger charge is -2.51. The quantitative estimate of drug-likeness (QED) is 0.670. The molecule has 0 saturated carbocycles. The number of hydrogen-bond donors (Lipinski definition) is 0. The molecule has 0 atom stereocenters. The molecular weight excluding hydrogens is 194 g/mol. The van der Waals surface area contributed by atoms with Gasteiger partial charge in [0.2, 0.25) is 0 Å². The number of hydrogen-bond acceptors (Lipinski definition) is 3. The van der Waals surface area contributed by atoms with Crippen molar-refractivity contribution in [3.63, 3.8) is 0 Å². The van der Waals surface area contributed by atoms with Crippen LogP contribution in [0.3, 0.4) is 0 Å². The monoisotopic (exact) mass is 214 g/mol. The summed E-state index contributed by atoms with van der Waals surface area (Å²) in [6, 6.07) is 0. The van der Waals surface area contributed by atoms with E-state index in [4.69, 9.17) is 4.84 Å². The zero-order valence-corrected chi connectivity index (χ0v) is 10.2. The molecule has 1 saturated heterocycles. The SMILES string of the molecule is CC(=O)ON1C(C)(C)CC([O])CC1(C)C. The highest BCUT2D eigenvalue weighted by molar-refractivity contribution is 5.65. The van der Waals surface area contributed by atoms with Gasteiger partial charge in [0, 0.05) is 6.92 Å². The molecule has 0 aliphatic carbocycles. The largest absolute Gasteiger partial charge is 0.367 e. The summed E-state index contributed by atoms with van der Waals surface area (Å²) in [6.07, 6.45) is 0.426. The fourth-order valence-electron chi connectivity index (χ4n) is 2.55. The van der Waals surface area contributed by atoms with E-state index in [1.54, 1.807) is 5.06 Å². The van der Waals surface area contributed by atoms with Crippen molar-refractivity contribution in [1.82, 2.24) is 5.06 Å². The fraction of sp³-hybridized carbons (Fsp3) is 0.909. The lowest BCUT2D eigenvalue weighted by atomic mass is 9.80. The Hall–Kier alpha value is -0.610. The zero-order chi connectivity index (χ0) is 11.9. The highest BCUT2D eigenvalue weighted by Crippen LogP contribution is 2.38. The third-order valence-corrected chi connectivity index (χ3v) is 2.77. The first-order chi connectivity index (χ1) is 6.65. The van der Waals surface area contributed by atoms with E-state index in [9.17, 15) is 9.90 Å².